The summed E-state index contributed by atoms with van der Waals surface area (Å²) in [6, 6.07) is 0.530. The van der Waals surface area contributed by atoms with Crippen molar-refractivity contribution < 1.29 is 4.74 Å². The fourth-order valence-electron chi connectivity index (χ4n) is 1.53. The predicted molar refractivity (Wildman–Crippen MR) is 38.5 cm³/mol. The topological polar surface area (TPSA) is 24.5 Å². The first-order chi connectivity index (χ1) is 4.97. The molecule has 10 heavy (non-hydrogen) atoms. The highest BCUT2D eigenvalue weighted by molar-refractivity contribution is 4.88. The monoisotopic (exact) mass is 141 g/mol. The Labute approximate surface area is 61.3 Å². The Hall–Kier alpha value is -0.120. The van der Waals surface area contributed by atoms with Gasteiger partial charge in [-0.15, -0.1) is 0 Å². The molecule has 3 heteroatoms. The molecule has 1 N–H and O–H groups in total. The molecule has 0 bridgehead atoms. The summed E-state index contributed by atoms with van der Waals surface area (Å²) < 4.78 is 5.23. The Morgan fingerprint density at radius 1 is 1.50 bits per heavy atom. The van der Waals surface area contributed by atoms with Gasteiger partial charge in [-0.2, -0.15) is 0 Å². The first-order valence-corrected chi connectivity index (χ1v) is 3.86. The van der Waals surface area contributed by atoms with Crippen LogP contribution in [0.1, 0.15) is 0 Å². The lowest BCUT2D eigenvalue weighted by Gasteiger charge is -2.38. The maximum Gasteiger partial charge on any atom is 0.102 e. The Balaban J connectivity index is 1.93. The van der Waals surface area contributed by atoms with Gasteiger partial charge in [0.1, 0.15) is 6.61 Å². The van der Waals surface area contributed by atoms with Crippen molar-refractivity contribution >= 4 is 0 Å². The highest BCUT2D eigenvalue weighted by atomic mass is 16.5. The molecule has 0 unspecified atom stereocenters. The van der Waals surface area contributed by atoms with Crippen LogP contribution in [0.25, 0.3) is 0 Å². The number of morpholine rings is 1. The molecule has 3 nitrogen and oxygen atoms in total. The quantitative estimate of drug-likeness (QED) is 0.490. The number of ether oxygens (including phenoxy) is 1. The SMILES string of the molecule is [CH]1OCCN2CCNC[C@@H]12. The van der Waals surface area contributed by atoms with Crippen LogP contribution in [0.4, 0.5) is 0 Å². The van der Waals surface area contributed by atoms with E-state index in [1.54, 1.807) is 0 Å². The van der Waals surface area contributed by atoms with Crippen LogP contribution in [0.3, 0.4) is 0 Å². The second kappa shape index (κ2) is 2.86. The zero-order valence-corrected chi connectivity index (χ0v) is 6.05. The van der Waals surface area contributed by atoms with Crippen molar-refractivity contribution in [1.29, 1.82) is 0 Å². The highest BCUT2D eigenvalue weighted by Crippen LogP contribution is 2.10. The minimum atomic E-state index is 0.530. The van der Waals surface area contributed by atoms with E-state index in [0.717, 1.165) is 26.2 Å². The summed E-state index contributed by atoms with van der Waals surface area (Å²) in [5.41, 5.74) is 0. The van der Waals surface area contributed by atoms with Gasteiger partial charge in [-0.1, -0.05) is 0 Å². The van der Waals surface area contributed by atoms with E-state index in [1.165, 1.54) is 6.54 Å². The highest BCUT2D eigenvalue weighted by Gasteiger charge is 2.25. The number of rotatable bonds is 0. The van der Waals surface area contributed by atoms with Gasteiger partial charge in [0, 0.05) is 26.2 Å². The molecule has 1 radical (unpaired) electrons. The van der Waals surface area contributed by atoms with Gasteiger partial charge in [0.2, 0.25) is 0 Å². The van der Waals surface area contributed by atoms with Gasteiger partial charge in [0.25, 0.3) is 0 Å². The number of hydrogen-bond donors (Lipinski definition) is 1. The maximum atomic E-state index is 5.23. The van der Waals surface area contributed by atoms with E-state index in [0.29, 0.717) is 6.04 Å². The summed E-state index contributed by atoms with van der Waals surface area (Å²) >= 11 is 0. The lowest BCUT2D eigenvalue weighted by Crippen LogP contribution is -2.54. The van der Waals surface area contributed by atoms with Gasteiger partial charge in [-0.3, -0.25) is 4.90 Å². The molecule has 0 aliphatic carbocycles. The molecule has 2 heterocycles. The van der Waals surface area contributed by atoms with E-state index in [-0.39, 0.29) is 0 Å². The first kappa shape index (κ1) is 6.58. The molecule has 0 aromatic rings. The lowest BCUT2D eigenvalue weighted by atomic mass is 10.2. The fraction of sp³-hybridized carbons (Fsp3) is 0.857. The van der Waals surface area contributed by atoms with Crippen LogP contribution in [0.2, 0.25) is 0 Å². The molecule has 0 aromatic heterocycles. The smallest absolute Gasteiger partial charge is 0.102 e. The Morgan fingerprint density at radius 3 is 3.40 bits per heavy atom. The summed E-state index contributed by atoms with van der Waals surface area (Å²) in [5.74, 6) is 0. The average molecular weight is 141 g/mol. The summed E-state index contributed by atoms with van der Waals surface area (Å²) in [7, 11) is 0. The Bertz CT molecular complexity index is 92.2. The third kappa shape index (κ3) is 1.17. The van der Waals surface area contributed by atoms with Crippen molar-refractivity contribution in [2.45, 2.75) is 6.04 Å². The lowest BCUT2D eigenvalue weighted by molar-refractivity contribution is 0.0279. The molecule has 0 saturated carbocycles. The van der Waals surface area contributed by atoms with E-state index < -0.39 is 0 Å². The molecule has 0 amide bonds. The minimum absolute atomic E-state index is 0.530. The van der Waals surface area contributed by atoms with Gasteiger partial charge in [-0.05, 0) is 0 Å². The molecule has 2 aliphatic rings. The maximum absolute atomic E-state index is 5.23. The Kier molecular flexibility index (Phi) is 1.88. The number of fused-ring (bicyclic) bond motifs is 1. The van der Waals surface area contributed by atoms with E-state index in [9.17, 15) is 0 Å². The van der Waals surface area contributed by atoms with Crippen LogP contribution < -0.4 is 5.32 Å². The van der Waals surface area contributed by atoms with Gasteiger partial charge in [0.05, 0.1) is 12.6 Å². The van der Waals surface area contributed by atoms with E-state index in [4.69, 9.17) is 4.74 Å². The Morgan fingerprint density at radius 2 is 2.50 bits per heavy atom. The summed E-state index contributed by atoms with van der Waals surface area (Å²) in [6.45, 7) is 7.28. The van der Waals surface area contributed by atoms with Crippen LogP contribution in [0, 0.1) is 6.61 Å². The van der Waals surface area contributed by atoms with Crippen molar-refractivity contribution in [2.24, 2.45) is 0 Å². The summed E-state index contributed by atoms with van der Waals surface area (Å²) in [6.07, 6.45) is 0. The number of hydrogen-bond acceptors (Lipinski definition) is 3. The van der Waals surface area contributed by atoms with Crippen molar-refractivity contribution in [3.05, 3.63) is 6.61 Å². The molecule has 2 fully saturated rings. The van der Waals surface area contributed by atoms with E-state index in [2.05, 4.69) is 10.2 Å². The van der Waals surface area contributed by atoms with Crippen LogP contribution >= 0.6 is 0 Å². The molecule has 57 valence electrons. The molecule has 2 saturated heterocycles. The van der Waals surface area contributed by atoms with Crippen molar-refractivity contribution in [3.8, 4) is 0 Å². The van der Waals surface area contributed by atoms with Crippen LogP contribution in [0.5, 0.6) is 0 Å². The fourth-order valence-corrected chi connectivity index (χ4v) is 1.53. The molecule has 0 aromatic carbocycles. The van der Waals surface area contributed by atoms with E-state index >= 15 is 0 Å². The molecular weight excluding hydrogens is 128 g/mol. The molecule has 1 atom stereocenters. The summed E-state index contributed by atoms with van der Waals surface area (Å²) in [4.78, 5) is 2.46. The standard InChI is InChI=1S/C7H13N2O/c1-2-9-3-4-10-6-7(9)5-8-1/h6-8H,1-5H2/t7-/m0/s1. The number of piperazine rings is 1. The van der Waals surface area contributed by atoms with Gasteiger partial charge in [-0.25, -0.2) is 0 Å². The van der Waals surface area contributed by atoms with Crippen molar-refractivity contribution in [1.82, 2.24) is 10.2 Å². The van der Waals surface area contributed by atoms with E-state index in [1.807, 2.05) is 6.61 Å². The third-order valence-corrected chi connectivity index (χ3v) is 2.15. The molecular formula is C7H13N2O. The minimum Gasteiger partial charge on any atom is -0.372 e. The normalized spacial score (nSPS) is 35.4. The van der Waals surface area contributed by atoms with Gasteiger partial charge in [0.15, 0.2) is 0 Å². The number of nitrogens with zero attached hydrogens (tertiary/aromatic N) is 1. The zero-order chi connectivity index (χ0) is 6.81. The summed E-state index contributed by atoms with van der Waals surface area (Å²) in [5, 5.41) is 3.33. The zero-order valence-electron chi connectivity index (χ0n) is 6.05. The molecule has 0 spiro atoms. The van der Waals surface area contributed by atoms with Crippen molar-refractivity contribution in [2.75, 3.05) is 32.8 Å². The third-order valence-electron chi connectivity index (χ3n) is 2.15. The molecule has 2 rings (SSSR count). The first-order valence-electron chi connectivity index (χ1n) is 3.86. The predicted octanol–water partition coefficient (Wildman–Crippen LogP) is -0.548. The van der Waals surface area contributed by atoms with Crippen LogP contribution in [-0.2, 0) is 4.74 Å². The molecule has 2 aliphatic heterocycles. The number of nitrogens with one attached hydrogen (secondary N) is 1. The second-order valence-electron chi connectivity index (χ2n) is 2.81. The van der Waals surface area contributed by atoms with Crippen molar-refractivity contribution in [3.63, 3.8) is 0 Å². The van der Waals surface area contributed by atoms with Crippen LogP contribution in [0.15, 0.2) is 0 Å². The second-order valence-corrected chi connectivity index (χ2v) is 2.81. The van der Waals surface area contributed by atoms with Gasteiger partial charge < -0.3 is 10.1 Å². The average Bonchev–Trinajstić information content (AvgIpc) is 2.05. The largest absolute Gasteiger partial charge is 0.372 e. The van der Waals surface area contributed by atoms with Gasteiger partial charge >= 0.3 is 0 Å². The van der Waals surface area contributed by atoms with Crippen LogP contribution in [-0.4, -0.2) is 43.7 Å².